The van der Waals surface area contributed by atoms with Crippen molar-refractivity contribution >= 4 is 21.6 Å². The van der Waals surface area contributed by atoms with E-state index in [2.05, 4.69) is 15.1 Å². The maximum atomic E-state index is 12.5. The van der Waals surface area contributed by atoms with E-state index in [0.717, 1.165) is 0 Å². The van der Waals surface area contributed by atoms with Crippen LogP contribution < -0.4 is 15.6 Å². The highest BCUT2D eigenvalue weighted by Gasteiger charge is 2.17. The lowest BCUT2D eigenvalue weighted by atomic mass is 10.3. The fourth-order valence-corrected chi connectivity index (χ4v) is 3.74. The summed E-state index contributed by atoms with van der Waals surface area (Å²) < 4.78 is 34.0. The van der Waals surface area contributed by atoms with E-state index in [-0.39, 0.29) is 22.9 Å². The van der Waals surface area contributed by atoms with Gasteiger partial charge in [-0.2, -0.15) is 5.10 Å². The molecule has 152 valence electrons. The summed E-state index contributed by atoms with van der Waals surface area (Å²) in [6, 6.07) is 11.6. The normalized spacial score (nSPS) is 12.5. The first-order valence-electron chi connectivity index (χ1n) is 8.77. The van der Waals surface area contributed by atoms with Gasteiger partial charge in [0.25, 0.3) is 5.56 Å². The summed E-state index contributed by atoms with van der Waals surface area (Å²) in [4.78, 5) is 23.3. The summed E-state index contributed by atoms with van der Waals surface area (Å²) in [5.74, 6) is 0.257. The Balaban J connectivity index is 1.73. The predicted molar refractivity (Wildman–Crippen MR) is 107 cm³/mol. The Kier molecular flexibility index (Phi) is 5.95. The summed E-state index contributed by atoms with van der Waals surface area (Å²) in [7, 11) is -3.80. The first-order chi connectivity index (χ1) is 13.8. The predicted octanol–water partition coefficient (Wildman–Crippen LogP) is 2.00. The fourth-order valence-electron chi connectivity index (χ4n) is 2.62. The molecule has 2 N–H and O–H groups in total. The van der Waals surface area contributed by atoms with Crippen molar-refractivity contribution < 1.29 is 17.6 Å². The van der Waals surface area contributed by atoms with E-state index >= 15 is 0 Å². The maximum absolute atomic E-state index is 12.5. The molecule has 1 amide bonds. The average molecular weight is 416 g/mol. The average Bonchev–Trinajstić information content (AvgIpc) is 3.21. The second-order valence-electron chi connectivity index (χ2n) is 6.39. The van der Waals surface area contributed by atoms with E-state index in [4.69, 9.17) is 4.42 Å². The Hall–Kier alpha value is -3.24. The molecule has 0 aliphatic rings. The first-order valence-corrected chi connectivity index (χ1v) is 10.3. The molecule has 0 radical (unpaired) electrons. The molecular formula is C19H20N4O5S. The molecule has 2 aromatic heterocycles. The number of nitrogens with zero attached hydrogens (tertiary/aromatic N) is 2. The van der Waals surface area contributed by atoms with E-state index in [1.807, 2.05) is 0 Å². The van der Waals surface area contributed by atoms with Gasteiger partial charge in [-0.25, -0.2) is 17.8 Å². The van der Waals surface area contributed by atoms with Gasteiger partial charge in [0.2, 0.25) is 15.9 Å². The van der Waals surface area contributed by atoms with Crippen LogP contribution >= 0.6 is 0 Å². The smallest absolute Gasteiger partial charge is 0.267 e. The van der Waals surface area contributed by atoms with Crippen molar-refractivity contribution in [2.75, 3.05) is 11.9 Å². The molecule has 0 saturated heterocycles. The third-order valence-electron chi connectivity index (χ3n) is 4.07. The van der Waals surface area contributed by atoms with E-state index in [1.54, 1.807) is 25.1 Å². The molecule has 0 spiro atoms. The van der Waals surface area contributed by atoms with Gasteiger partial charge in [0.15, 0.2) is 5.76 Å². The highest BCUT2D eigenvalue weighted by molar-refractivity contribution is 7.89. The topological polar surface area (TPSA) is 123 Å². The lowest BCUT2D eigenvalue weighted by molar-refractivity contribution is -0.114. The van der Waals surface area contributed by atoms with Crippen molar-refractivity contribution in [1.82, 2.24) is 14.5 Å². The van der Waals surface area contributed by atoms with Crippen LogP contribution in [0.5, 0.6) is 0 Å². The number of amides is 1. The summed E-state index contributed by atoms with van der Waals surface area (Å²) in [5, 5.41) is 6.83. The number of hydrogen-bond donors (Lipinski definition) is 2. The molecular weight excluding hydrogens is 396 g/mol. The molecule has 0 aliphatic heterocycles. The van der Waals surface area contributed by atoms with Gasteiger partial charge in [-0.3, -0.25) is 9.59 Å². The van der Waals surface area contributed by atoms with Gasteiger partial charge in [0, 0.05) is 25.2 Å². The van der Waals surface area contributed by atoms with Crippen molar-refractivity contribution in [3.05, 3.63) is 65.1 Å². The first kappa shape index (κ1) is 20.5. The minimum absolute atomic E-state index is 0.0374. The fraction of sp³-hybridized carbons (Fsp3) is 0.211. The summed E-state index contributed by atoms with van der Waals surface area (Å²) >= 11 is 0. The quantitative estimate of drug-likeness (QED) is 0.607. The van der Waals surface area contributed by atoms with Crippen LogP contribution in [0.2, 0.25) is 0 Å². The van der Waals surface area contributed by atoms with E-state index in [1.165, 1.54) is 48.2 Å². The van der Waals surface area contributed by atoms with Gasteiger partial charge in [-0.1, -0.05) is 0 Å². The van der Waals surface area contributed by atoms with Gasteiger partial charge in [0.05, 0.1) is 17.2 Å². The number of anilines is 1. The summed E-state index contributed by atoms with van der Waals surface area (Å²) in [5.41, 5.74) is 0.611. The number of rotatable bonds is 7. The lowest BCUT2D eigenvalue weighted by Gasteiger charge is -2.15. The molecule has 9 nitrogen and oxygen atoms in total. The van der Waals surface area contributed by atoms with Crippen LogP contribution in [0.25, 0.3) is 11.5 Å². The number of nitrogens with one attached hydrogen (secondary N) is 2. The third kappa shape index (κ3) is 4.98. The molecule has 29 heavy (non-hydrogen) atoms. The SMILES string of the molecule is CC(=O)Nc1ccc(S(=O)(=O)NCC(C)n2nc(-c3ccco3)ccc2=O)cc1. The van der Waals surface area contributed by atoms with Crippen molar-refractivity contribution in [2.24, 2.45) is 0 Å². The van der Waals surface area contributed by atoms with E-state index < -0.39 is 16.1 Å². The number of furan rings is 1. The Morgan fingerprint density at radius 1 is 1.17 bits per heavy atom. The maximum Gasteiger partial charge on any atom is 0.267 e. The molecule has 0 aliphatic carbocycles. The Morgan fingerprint density at radius 2 is 1.90 bits per heavy atom. The van der Waals surface area contributed by atoms with Gasteiger partial charge in [-0.15, -0.1) is 0 Å². The van der Waals surface area contributed by atoms with Crippen LogP contribution in [0.15, 0.2) is 68.9 Å². The van der Waals surface area contributed by atoms with E-state index in [9.17, 15) is 18.0 Å². The summed E-state index contributed by atoms with van der Waals surface area (Å²) in [6.07, 6.45) is 1.50. The van der Waals surface area contributed by atoms with Crippen LogP contribution in [-0.4, -0.2) is 30.7 Å². The van der Waals surface area contributed by atoms with Crippen LogP contribution in [-0.2, 0) is 14.8 Å². The number of hydrogen-bond acceptors (Lipinski definition) is 6. The van der Waals surface area contributed by atoms with Gasteiger partial charge >= 0.3 is 0 Å². The van der Waals surface area contributed by atoms with Crippen molar-refractivity contribution in [3.63, 3.8) is 0 Å². The number of carbonyl (C=O) groups is 1. The second kappa shape index (κ2) is 8.41. The van der Waals surface area contributed by atoms with Gasteiger partial charge in [0.1, 0.15) is 5.69 Å². The Labute approximate surface area is 167 Å². The standard InChI is InChI=1S/C19H20N4O5S/c1-13(23-19(25)10-9-17(22-23)18-4-3-11-28-18)12-20-29(26,27)16-7-5-15(6-8-16)21-14(2)24/h3-11,13,20H,12H2,1-2H3,(H,21,24). The molecule has 1 aromatic carbocycles. The van der Waals surface area contributed by atoms with Crippen LogP contribution in [0.4, 0.5) is 5.69 Å². The second-order valence-corrected chi connectivity index (χ2v) is 8.15. The van der Waals surface area contributed by atoms with Crippen molar-refractivity contribution in [3.8, 4) is 11.5 Å². The van der Waals surface area contributed by atoms with Crippen LogP contribution in [0, 0.1) is 0 Å². The molecule has 1 unspecified atom stereocenters. The zero-order valence-corrected chi connectivity index (χ0v) is 16.6. The molecule has 0 saturated carbocycles. The Morgan fingerprint density at radius 3 is 2.52 bits per heavy atom. The largest absolute Gasteiger partial charge is 0.463 e. The molecule has 0 fully saturated rings. The number of carbonyl (C=O) groups excluding carboxylic acids is 1. The zero-order valence-electron chi connectivity index (χ0n) is 15.8. The number of benzene rings is 1. The third-order valence-corrected chi connectivity index (χ3v) is 5.51. The van der Waals surface area contributed by atoms with Gasteiger partial charge < -0.3 is 9.73 Å². The number of sulfonamides is 1. The molecule has 10 heteroatoms. The minimum atomic E-state index is -3.80. The van der Waals surface area contributed by atoms with Crippen LogP contribution in [0.1, 0.15) is 19.9 Å². The molecule has 3 aromatic rings. The molecule has 3 rings (SSSR count). The molecule has 0 bridgehead atoms. The van der Waals surface area contributed by atoms with Crippen molar-refractivity contribution in [1.29, 1.82) is 0 Å². The highest BCUT2D eigenvalue weighted by atomic mass is 32.2. The minimum Gasteiger partial charge on any atom is -0.463 e. The molecule has 1 atom stereocenters. The molecule has 2 heterocycles. The van der Waals surface area contributed by atoms with E-state index in [0.29, 0.717) is 17.1 Å². The zero-order chi connectivity index (χ0) is 21.0. The Bertz CT molecular complexity index is 1150. The van der Waals surface area contributed by atoms with Crippen LogP contribution in [0.3, 0.4) is 0 Å². The monoisotopic (exact) mass is 416 g/mol. The lowest BCUT2D eigenvalue weighted by Crippen LogP contribution is -2.34. The summed E-state index contributed by atoms with van der Waals surface area (Å²) in [6.45, 7) is 3.01. The highest BCUT2D eigenvalue weighted by Crippen LogP contribution is 2.17. The van der Waals surface area contributed by atoms with Crippen molar-refractivity contribution in [2.45, 2.75) is 24.8 Å². The number of aromatic nitrogens is 2. The van der Waals surface area contributed by atoms with Gasteiger partial charge in [-0.05, 0) is 49.4 Å².